The zero-order valence-corrected chi connectivity index (χ0v) is 33.6. The molecule has 9 rings (SSSR count). The molecule has 0 bridgehead atoms. The van der Waals surface area contributed by atoms with E-state index in [-0.39, 0.29) is 26.9 Å². The summed E-state index contributed by atoms with van der Waals surface area (Å²) in [5.74, 6) is -2.67. The summed E-state index contributed by atoms with van der Waals surface area (Å²) in [7, 11) is 0. The molecule has 2 aliphatic rings. The number of hydrogen-bond acceptors (Lipinski definition) is 8. The highest BCUT2D eigenvalue weighted by atomic mass is 35.5. The van der Waals surface area contributed by atoms with Crippen LogP contribution in [0.1, 0.15) is 41.8 Å². The van der Waals surface area contributed by atoms with Crippen LogP contribution in [-0.4, -0.2) is 57.8 Å². The fraction of sp³-hybridized carbons (Fsp3) is 0.267. The van der Waals surface area contributed by atoms with E-state index in [1.54, 1.807) is 31.7 Å². The first-order valence-electron chi connectivity index (χ1n) is 18.9. The number of aryl methyl sites for hydroxylation is 2. The Morgan fingerprint density at radius 1 is 0.672 bits per heavy atom. The highest BCUT2D eigenvalue weighted by molar-refractivity contribution is 6.36. The number of morpholine rings is 1. The first kappa shape index (κ1) is 39.1. The number of ether oxygens (including phenoxy) is 1. The molecule has 0 unspecified atom stereocenters. The Bertz CT molecular complexity index is 2760. The van der Waals surface area contributed by atoms with Gasteiger partial charge in [-0.05, 0) is 68.1 Å². The number of fused-ring (bicyclic) bond motifs is 3. The van der Waals surface area contributed by atoms with Gasteiger partial charge in [0.2, 0.25) is 0 Å². The van der Waals surface area contributed by atoms with Crippen LogP contribution in [0.15, 0.2) is 73.4 Å². The van der Waals surface area contributed by atoms with Crippen LogP contribution < -0.4 is 9.80 Å². The monoisotopic (exact) mass is 805 g/mol. The molecule has 2 aromatic carbocycles. The molecule has 0 atom stereocenters. The lowest BCUT2D eigenvalue weighted by Gasteiger charge is -2.30. The molecule has 2 aliphatic heterocycles. The van der Waals surface area contributed by atoms with Crippen LogP contribution in [0, 0.1) is 51.0 Å². The first-order valence-corrected chi connectivity index (χ1v) is 19.3. The maximum absolute atomic E-state index is 15.5. The maximum Gasteiger partial charge on any atom is 0.137 e. The molecule has 0 aliphatic carbocycles. The van der Waals surface area contributed by atoms with E-state index < -0.39 is 23.3 Å². The predicted octanol–water partition coefficient (Wildman–Crippen LogP) is 10.7. The van der Waals surface area contributed by atoms with Gasteiger partial charge in [-0.1, -0.05) is 25.4 Å². The van der Waals surface area contributed by atoms with E-state index in [1.807, 2.05) is 39.1 Å². The minimum Gasteiger partial charge on any atom is -0.378 e. The van der Waals surface area contributed by atoms with Gasteiger partial charge in [0, 0.05) is 85.2 Å². The van der Waals surface area contributed by atoms with Crippen molar-refractivity contribution < 1.29 is 22.3 Å². The van der Waals surface area contributed by atoms with Gasteiger partial charge in [-0.2, -0.15) is 0 Å². The van der Waals surface area contributed by atoms with Crippen LogP contribution in [0.2, 0.25) is 5.02 Å². The third-order valence-electron chi connectivity index (χ3n) is 10.7. The van der Waals surface area contributed by atoms with E-state index in [0.717, 1.165) is 70.1 Å². The predicted molar refractivity (Wildman–Crippen MR) is 221 cm³/mol. The van der Waals surface area contributed by atoms with Crippen molar-refractivity contribution in [2.24, 2.45) is 0 Å². The molecule has 5 aromatic heterocycles. The third kappa shape index (κ3) is 7.19. The van der Waals surface area contributed by atoms with Crippen molar-refractivity contribution in [3.05, 3.63) is 130 Å². The Balaban J connectivity index is 0.000000189. The molecule has 7 aromatic rings. The van der Waals surface area contributed by atoms with Gasteiger partial charge >= 0.3 is 0 Å². The van der Waals surface area contributed by atoms with Gasteiger partial charge in [-0.25, -0.2) is 27.5 Å². The van der Waals surface area contributed by atoms with E-state index in [2.05, 4.69) is 44.7 Å². The molecular formula is C45H40ClF4N7O. The van der Waals surface area contributed by atoms with Crippen molar-refractivity contribution in [3.63, 3.8) is 0 Å². The normalized spacial score (nSPS) is 14.8. The molecule has 1 saturated heterocycles. The third-order valence-corrected chi connectivity index (χ3v) is 11.1. The van der Waals surface area contributed by atoms with Crippen LogP contribution in [0.5, 0.6) is 0 Å². The minimum absolute atomic E-state index is 0.139. The number of pyridine rings is 5. The molecule has 0 radical (unpaired) electrons. The molecule has 0 N–H and O–H groups in total. The molecule has 0 amide bonds. The van der Waals surface area contributed by atoms with Gasteiger partial charge < -0.3 is 14.5 Å². The molecule has 0 spiro atoms. The lowest BCUT2D eigenvalue weighted by Crippen LogP contribution is -2.36. The summed E-state index contributed by atoms with van der Waals surface area (Å²) >= 11 is 6.26. The van der Waals surface area contributed by atoms with Gasteiger partial charge in [-0.15, -0.1) is 0 Å². The Kier molecular flexibility index (Phi) is 10.3. The van der Waals surface area contributed by atoms with Crippen LogP contribution in [0.4, 0.5) is 34.6 Å². The number of rotatable bonds is 4. The second-order valence-electron chi connectivity index (χ2n) is 15.5. The number of benzene rings is 2. The summed E-state index contributed by atoms with van der Waals surface area (Å²) in [5, 5.41) is 0.692. The SMILES string of the molecule is Cc1cncc(-c2nc3cc(F)cc(F)c3c(Cl)c2C)c1.Cc1cncc(-c2nc3cc(F)cc(F)c3c(N3CC(C)(C)c4ncc(N5CCOCC5)cc43)c2C)c1. The van der Waals surface area contributed by atoms with Gasteiger partial charge in [0.1, 0.15) is 23.3 Å². The van der Waals surface area contributed by atoms with Crippen LogP contribution in [-0.2, 0) is 10.2 Å². The lowest BCUT2D eigenvalue weighted by atomic mass is 9.91. The molecule has 8 nitrogen and oxygen atoms in total. The maximum atomic E-state index is 15.5. The number of hydrogen-bond donors (Lipinski definition) is 0. The van der Waals surface area contributed by atoms with Crippen molar-refractivity contribution in [2.75, 3.05) is 42.6 Å². The van der Waals surface area contributed by atoms with Crippen molar-refractivity contribution in [1.29, 1.82) is 0 Å². The summed E-state index contributed by atoms with van der Waals surface area (Å²) in [6, 6.07) is 10.3. The highest BCUT2D eigenvalue weighted by Gasteiger charge is 2.40. The van der Waals surface area contributed by atoms with E-state index in [1.165, 1.54) is 12.1 Å². The standard InChI is InChI=1S/C29H29F2N5O.C16H11ClF2N2/c1-17-9-19(14-32-13-17)26-18(2)27(25-22(31)10-20(30)11-23(25)34-26)36-16-29(3,4)28-24(36)12-21(15-33-28)35-5-7-37-8-6-35;1-8-3-10(7-20-6-8)16-9(2)15(17)14-12(19)4-11(18)5-13(14)21-16/h9-15H,5-8,16H2,1-4H3;3-7H,1-2H3. The molecule has 0 saturated carbocycles. The lowest BCUT2D eigenvalue weighted by molar-refractivity contribution is 0.122. The summed E-state index contributed by atoms with van der Waals surface area (Å²) in [6.07, 6.45) is 8.82. The Hall–Kier alpha value is -5.72. The topological polar surface area (TPSA) is 80.2 Å². The van der Waals surface area contributed by atoms with E-state index >= 15 is 4.39 Å². The van der Waals surface area contributed by atoms with Crippen molar-refractivity contribution in [2.45, 2.75) is 47.0 Å². The quantitative estimate of drug-likeness (QED) is 0.163. The number of aromatic nitrogens is 5. The Morgan fingerprint density at radius 2 is 1.22 bits per heavy atom. The fourth-order valence-corrected chi connectivity index (χ4v) is 8.21. The second-order valence-corrected chi connectivity index (χ2v) is 15.9. The molecule has 1 fully saturated rings. The first-order chi connectivity index (χ1) is 27.7. The number of anilines is 3. The Morgan fingerprint density at radius 3 is 1.81 bits per heavy atom. The average molecular weight is 806 g/mol. The van der Waals surface area contributed by atoms with Gasteiger partial charge in [0.05, 0.1) is 80.4 Å². The van der Waals surface area contributed by atoms with E-state index in [4.69, 9.17) is 26.3 Å². The van der Waals surface area contributed by atoms with Crippen molar-refractivity contribution >= 4 is 50.5 Å². The average Bonchev–Trinajstić information content (AvgIpc) is 3.45. The van der Waals surface area contributed by atoms with Crippen molar-refractivity contribution in [3.8, 4) is 22.5 Å². The van der Waals surface area contributed by atoms with Crippen LogP contribution in [0.3, 0.4) is 0 Å². The van der Waals surface area contributed by atoms with Crippen LogP contribution >= 0.6 is 11.6 Å². The molecular weight excluding hydrogens is 766 g/mol. The molecule has 58 heavy (non-hydrogen) atoms. The number of nitrogens with zero attached hydrogens (tertiary/aromatic N) is 7. The fourth-order valence-electron chi connectivity index (χ4n) is 7.94. The largest absolute Gasteiger partial charge is 0.378 e. The summed E-state index contributed by atoms with van der Waals surface area (Å²) in [5.41, 5.74) is 9.99. The van der Waals surface area contributed by atoms with Crippen LogP contribution in [0.25, 0.3) is 44.3 Å². The molecule has 296 valence electrons. The molecule has 13 heteroatoms. The number of halogens is 5. The highest BCUT2D eigenvalue weighted by Crippen LogP contribution is 2.49. The van der Waals surface area contributed by atoms with Gasteiger partial charge in [-0.3, -0.25) is 15.0 Å². The van der Waals surface area contributed by atoms with Gasteiger partial charge in [0.25, 0.3) is 0 Å². The zero-order valence-electron chi connectivity index (χ0n) is 32.9. The molecule has 7 heterocycles. The van der Waals surface area contributed by atoms with E-state index in [9.17, 15) is 13.2 Å². The summed E-state index contributed by atoms with van der Waals surface area (Å²) in [4.78, 5) is 26.9. The Labute approximate surface area is 338 Å². The second kappa shape index (κ2) is 15.2. The zero-order chi connectivity index (χ0) is 41.0. The minimum atomic E-state index is -0.709. The van der Waals surface area contributed by atoms with Crippen molar-refractivity contribution in [1.82, 2.24) is 24.9 Å². The van der Waals surface area contributed by atoms with Gasteiger partial charge in [0.15, 0.2) is 0 Å². The smallest absolute Gasteiger partial charge is 0.137 e. The summed E-state index contributed by atoms with van der Waals surface area (Å²) in [6.45, 7) is 15.4. The van der Waals surface area contributed by atoms with E-state index in [0.29, 0.717) is 47.8 Å². The summed E-state index contributed by atoms with van der Waals surface area (Å²) < 4.78 is 62.7.